The zero-order valence-electron chi connectivity index (χ0n) is 16.1. The lowest BCUT2D eigenvalue weighted by Gasteiger charge is -2.41. The highest BCUT2D eigenvalue weighted by atomic mass is 16.5. The third kappa shape index (κ3) is 3.47. The highest BCUT2D eigenvalue weighted by Crippen LogP contribution is 2.56. The van der Waals surface area contributed by atoms with E-state index in [1.54, 1.807) is 14.0 Å². The van der Waals surface area contributed by atoms with E-state index in [0.717, 1.165) is 24.3 Å². The van der Waals surface area contributed by atoms with Crippen molar-refractivity contribution in [2.45, 2.75) is 64.5 Å². The van der Waals surface area contributed by atoms with Crippen LogP contribution in [0.25, 0.3) is 0 Å². The first-order valence-corrected chi connectivity index (χ1v) is 9.40. The van der Waals surface area contributed by atoms with E-state index in [0.29, 0.717) is 11.8 Å². The predicted molar refractivity (Wildman–Crippen MR) is 100 cm³/mol. The zero-order chi connectivity index (χ0) is 18.6. The van der Waals surface area contributed by atoms with Crippen LogP contribution in [0.15, 0.2) is 12.1 Å². The van der Waals surface area contributed by atoms with Gasteiger partial charge in [0.25, 0.3) is 0 Å². The average Bonchev–Trinajstić information content (AvgIpc) is 3.06. The highest BCUT2D eigenvalue weighted by molar-refractivity contribution is 5.73. The van der Waals surface area contributed by atoms with Crippen LogP contribution in [0.1, 0.15) is 57.1 Å². The molecule has 25 heavy (non-hydrogen) atoms. The Bertz CT molecular complexity index is 603. The Labute approximate surface area is 151 Å². The summed E-state index contributed by atoms with van der Waals surface area (Å²) >= 11 is 0. The van der Waals surface area contributed by atoms with Gasteiger partial charge >= 0.3 is 0 Å². The fraction of sp³-hybridized carbons (Fsp3) is 0.650. The molecule has 4 rings (SSSR count). The molecular weight excluding hydrogens is 316 g/mol. The van der Waals surface area contributed by atoms with E-state index in [4.69, 9.17) is 9.47 Å². The molecule has 1 heterocycles. The molecule has 140 valence electrons. The Balaban J connectivity index is 0.000000528. The number of rotatable bonds is 2. The molecule has 3 aliphatic rings. The van der Waals surface area contributed by atoms with Gasteiger partial charge in [0.1, 0.15) is 6.10 Å². The molecule has 4 unspecified atom stereocenters. The molecule has 2 aliphatic carbocycles. The maximum absolute atomic E-state index is 11.5. The van der Waals surface area contributed by atoms with E-state index in [1.807, 2.05) is 19.9 Å². The van der Waals surface area contributed by atoms with Crippen LogP contribution >= 0.6 is 0 Å². The van der Waals surface area contributed by atoms with E-state index >= 15 is 0 Å². The van der Waals surface area contributed by atoms with Crippen LogP contribution in [-0.2, 0) is 11.2 Å². The normalized spacial score (nSPS) is 27.4. The van der Waals surface area contributed by atoms with Gasteiger partial charge in [0.05, 0.1) is 13.2 Å². The molecule has 1 fully saturated rings. The minimum absolute atomic E-state index is 0.0287. The lowest BCUT2D eigenvalue weighted by atomic mass is 9.66. The minimum atomic E-state index is 0.0287. The molecule has 1 saturated carbocycles. The molecule has 5 heteroatoms. The molecule has 1 aliphatic heterocycles. The summed E-state index contributed by atoms with van der Waals surface area (Å²) < 4.78 is 11.8. The number of carbonyl (C=O) groups excluding carboxylic acids is 1. The standard InChI is InChI=1S/C17H21NO3.C2H6.CH5N/c1-9(19)18-12-7-5-10-3-4-11-6-8-13(20-2)17-15(11)14(10)16(12)21-17;2*1-2/h6,8,10,12,14,16H,3-5,7H2,1-2H3,(H,18,19);1-2H3;2H2,1H3. The first-order valence-electron chi connectivity index (χ1n) is 9.40. The van der Waals surface area contributed by atoms with Crippen LogP contribution < -0.4 is 20.5 Å². The van der Waals surface area contributed by atoms with Crippen LogP contribution in [0.4, 0.5) is 0 Å². The van der Waals surface area contributed by atoms with Gasteiger partial charge in [0.15, 0.2) is 11.5 Å². The minimum Gasteiger partial charge on any atom is -0.493 e. The quantitative estimate of drug-likeness (QED) is 0.862. The van der Waals surface area contributed by atoms with Gasteiger partial charge in [0, 0.05) is 18.4 Å². The largest absolute Gasteiger partial charge is 0.493 e. The Morgan fingerprint density at radius 1 is 1.24 bits per heavy atom. The number of aryl methyl sites for hydroxylation is 1. The number of nitrogens with two attached hydrogens (primary N) is 1. The molecule has 0 saturated heterocycles. The molecule has 4 atom stereocenters. The molecular formula is C20H32N2O3. The number of ether oxygens (including phenoxy) is 2. The van der Waals surface area contributed by atoms with E-state index in [9.17, 15) is 4.79 Å². The van der Waals surface area contributed by atoms with Crippen molar-refractivity contribution in [3.63, 3.8) is 0 Å². The van der Waals surface area contributed by atoms with Gasteiger partial charge in [-0.15, -0.1) is 0 Å². The van der Waals surface area contributed by atoms with E-state index in [-0.39, 0.29) is 18.1 Å². The van der Waals surface area contributed by atoms with Gasteiger partial charge in [-0.25, -0.2) is 0 Å². The summed E-state index contributed by atoms with van der Waals surface area (Å²) in [5.41, 5.74) is 7.25. The van der Waals surface area contributed by atoms with Crippen molar-refractivity contribution in [2.75, 3.05) is 14.2 Å². The molecule has 0 radical (unpaired) electrons. The molecule has 0 spiro atoms. The van der Waals surface area contributed by atoms with E-state index in [1.165, 1.54) is 31.0 Å². The predicted octanol–water partition coefficient (Wildman–Crippen LogP) is 3.00. The van der Waals surface area contributed by atoms with Crippen LogP contribution in [0.2, 0.25) is 0 Å². The number of hydrogen-bond acceptors (Lipinski definition) is 4. The summed E-state index contributed by atoms with van der Waals surface area (Å²) in [7, 11) is 3.19. The number of carbonyl (C=O) groups is 1. The number of nitrogens with one attached hydrogen (secondary N) is 1. The van der Waals surface area contributed by atoms with Gasteiger partial charge in [-0.2, -0.15) is 0 Å². The van der Waals surface area contributed by atoms with Crippen molar-refractivity contribution in [1.29, 1.82) is 0 Å². The second-order valence-corrected chi connectivity index (χ2v) is 6.46. The van der Waals surface area contributed by atoms with Crippen molar-refractivity contribution in [3.05, 3.63) is 23.3 Å². The first kappa shape index (κ1) is 19.6. The maximum Gasteiger partial charge on any atom is 0.217 e. The molecule has 0 aromatic heterocycles. The second kappa shape index (κ2) is 8.56. The van der Waals surface area contributed by atoms with Crippen molar-refractivity contribution in [3.8, 4) is 11.5 Å². The van der Waals surface area contributed by atoms with Crippen LogP contribution in [0, 0.1) is 5.92 Å². The Morgan fingerprint density at radius 2 is 1.96 bits per heavy atom. The Hall–Kier alpha value is -1.75. The number of benzene rings is 1. The van der Waals surface area contributed by atoms with Crippen molar-refractivity contribution < 1.29 is 14.3 Å². The summed E-state index contributed by atoms with van der Waals surface area (Å²) in [5.74, 6) is 2.88. The molecule has 1 amide bonds. The molecule has 0 bridgehead atoms. The van der Waals surface area contributed by atoms with Gasteiger partial charge < -0.3 is 20.5 Å². The van der Waals surface area contributed by atoms with E-state index < -0.39 is 0 Å². The second-order valence-electron chi connectivity index (χ2n) is 6.46. The summed E-state index contributed by atoms with van der Waals surface area (Å²) in [5, 5.41) is 3.08. The van der Waals surface area contributed by atoms with Crippen LogP contribution in [0.3, 0.4) is 0 Å². The summed E-state index contributed by atoms with van der Waals surface area (Å²) in [6.45, 7) is 5.58. The topological polar surface area (TPSA) is 73.6 Å². The Morgan fingerprint density at radius 3 is 2.60 bits per heavy atom. The summed E-state index contributed by atoms with van der Waals surface area (Å²) in [4.78, 5) is 11.5. The number of methoxy groups -OCH3 is 1. The van der Waals surface area contributed by atoms with Crippen molar-refractivity contribution in [2.24, 2.45) is 11.7 Å². The lowest BCUT2D eigenvalue weighted by molar-refractivity contribution is -0.120. The average molecular weight is 348 g/mol. The number of hydrogen-bond donors (Lipinski definition) is 2. The van der Waals surface area contributed by atoms with Gasteiger partial charge in [-0.05, 0) is 50.3 Å². The molecule has 1 aromatic rings. The number of amides is 1. The van der Waals surface area contributed by atoms with Crippen LogP contribution in [0.5, 0.6) is 11.5 Å². The zero-order valence-corrected chi connectivity index (χ0v) is 16.1. The molecule has 5 nitrogen and oxygen atoms in total. The van der Waals surface area contributed by atoms with Crippen molar-refractivity contribution in [1.82, 2.24) is 5.32 Å². The third-order valence-corrected chi connectivity index (χ3v) is 5.34. The van der Waals surface area contributed by atoms with Gasteiger partial charge in [-0.1, -0.05) is 19.9 Å². The van der Waals surface area contributed by atoms with Crippen molar-refractivity contribution >= 4 is 5.91 Å². The fourth-order valence-electron chi connectivity index (χ4n) is 4.51. The third-order valence-electron chi connectivity index (χ3n) is 5.34. The van der Waals surface area contributed by atoms with E-state index in [2.05, 4.69) is 17.1 Å². The van der Waals surface area contributed by atoms with Crippen LogP contribution in [-0.4, -0.2) is 32.2 Å². The smallest absolute Gasteiger partial charge is 0.217 e. The maximum atomic E-state index is 11.5. The monoisotopic (exact) mass is 348 g/mol. The lowest BCUT2D eigenvalue weighted by Crippen LogP contribution is -2.51. The summed E-state index contributed by atoms with van der Waals surface area (Å²) in [6.07, 6.45) is 4.62. The summed E-state index contributed by atoms with van der Waals surface area (Å²) in [6, 6.07) is 4.31. The van der Waals surface area contributed by atoms with Gasteiger partial charge in [-0.3, -0.25) is 4.79 Å². The Kier molecular flexibility index (Phi) is 6.71. The highest BCUT2D eigenvalue weighted by Gasteiger charge is 2.50. The molecule has 1 aromatic carbocycles. The molecule has 3 N–H and O–H groups in total. The fourth-order valence-corrected chi connectivity index (χ4v) is 4.51. The first-order chi connectivity index (χ1) is 12.2. The van der Waals surface area contributed by atoms with Gasteiger partial charge in [0.2, 0.25) is 5.91 Å². The SMILES string of the molecule is CC.CN.COc1ccc2c3c1OC1C(NC(C)=O)CCC(CC2)C31.